The van der Waals surface area contributed by atoms with Gasteiger partial charge >= 0.3 is 11.9 Å². The Hall–Kier alpha value is -2.64. The Balaban J connectivity index is 0.000000240. The molecule has 2 amide bonds. The first-order chi connectivity index (χ1) is 11.3. The van der Waals surface area contributed by atoms with E-state index in [1.807, 2.05) is 0 Å². The van der Waals surface area contributed by atoms with Gasteiger partial charge in [-0.15, -0.1) is 0 Å². The average molecular weight is 338 g/mol. The van der Waals surface area contributed by atoms with E-state index in [2.05, 4.69) is 0 Å². The third-order valence-corrected chi connectivity index (χ3v) is 3.71. The van der Waals surface area contributed by atoms with E-state index in [9.17, 15) is 19.2 Å². The van der Waals surface area contributed by atoms with Gasteiger partial charge in [0.2, 0.25) is 11.8 Å². The molecule has 2 heterocycles. The lowest BCUT2D eigenvalue weighted by molar-refractivity contribution is -0.138. The standard InChI is InChI=1S/2C8H11NO3/c2*1-2-6(8(11)12)9-5-3-4-7(9)10/h2*2H,3-5H2,1H3,(H,11,12)/b6-2+;6-2-. The van der Waals surface area contributed by atoms with E-state index in [0.29, 0.717) is 25.9 Å². The van der Waals surface area contributed by atoms with Gasteiger partial charge in [-0.25, -0.2) is 9.59 Å². The van der Waals surface area contributed by atoms with E-state index in [4.69, 9.17) is 10.2 Å². The van der Waals surface area contributed by atoms with E-state index < -0.39 is 11.9 Å². The van der Waals surface area contributed by atoms with Crippen LogP contribution in [-0.2, 0) is 19.2 Å². The first-order valence-corrected chi connectivity index (χ1v) is 7.73. The second-order valence-electron chi connectivity index (χ2n) is 5.26. The summed E-state index contributed by atoms with van der Waals surface area (Å²) in [6.45, 7) is 4.31. The molecule has 0 aromatic carbocycles. The third kappa shape index (κ3) is 4.68. The van der Waals surface area contributed by atoms with Crippen molar-refractivity contribution in [1.29, 1.82) is 0 Å². The molecule has 2 saturated heterocycles. The fourth-order valence-corrected chi connectivity index (χ4v) is 2.60. The van der Waals surface area contributed by atoms with Gasteiger partial charge in [0, 0.05) is 25.9 Å². The molecular weight excluding hydrogens is 316 g/mol. The molecule has 2 aliphatic heterocycles. The molecule has 0 saturated carbocycles. The van der Waals surface area contributed by atoms with Crippen molar-refractivity contribution in [1.82, 2.24) is 9.80 Å². The predicted molar refractivity (Wildman–Crippen MR) is 84.7 cm³/mol. The van der Waals surface area contributed by atoms with Gasteiger partial charge in [-0.05, 0) is 26.7 Å². The largest absolute Gasteiger partial charge is 0.477 e. The number of nitrogens with zero attached hydrogens (tertiary/aromatic N) is 2. The number of carbonyl (C=O) groups excluding carboxylic acids is 2. The van der Waals surface area contributed by atoms with E-state index in [0.717, 1.165) is 12.8 Å². The molecule has 24 heavy (non-hydrogen) atoms. The Labute approximate surface area is 140 Å². The summed E-state index contributed by atoms with van der Waals surface area (Å²) in [5.41, 5.74) is 0.190. The second-order valence-corrected chi connectivity index (χ2v) is 5.26. The fourth-order valence-electron chi connectivity index (χ4n) is 2.60. The number of carboxylic acids is 2. The van der Waals surface area contributed by atoms with Crippen molar-refractivity contribution in [3.05, 3.63) is 23.5 Å². The number of allylic oxidation sites excluding steroid dienone is 2. The molecule has 8 nitrogen and oxygen atoms in total. The molecule has 0 spiro atoms. The molecule has 0 unspecified atom stereocenters. The van der Waals surface area contributed by atoms with Gasteiger partial charge < -0.3 is 20.0 Å². The average Bonchev–Trinajstić information content (AvgIpc) is 3.11. The first kappa shape index (κ1) is 19.4. The van der Waals surface area contributed by atoms with Crippen LogP contribution >= 0.6 is 0 Å². The molecule has 0 aliphatic carbocycles. The summed E-state index contributed by atoms with van der Waals surface area (Å²) in [7, 11) is 0. The van der Waals surface area contributed by atoms with E-state index in [-0.39, 0.29) is 23.2 Å². The zero-order valence-electron chi connectivity index (χ0n) is 13.8. The number of carboxylic acid groups (broad SMARTS) is 2. The minimum absolute atomic E-state index is 0.0921. The lowest BCUT2D eigenvalue weighted by atomic mass is 10.3. The Bertz CT molecular complexity index is 541. The van der Waals surface area contributed by atoms with Crippen LogP contribution in [-0.4, -0.2) is 56.9 Å². The molecule has 2 rings (SSSR count). The normalized spacial score (nSPS) is 18.6. The molecule has 0 aromatic heterocycles. The Kier molecular flexibility index (Phi) is 7.16. The summed E-state index contributed by atoms with van der Waals surface area (Å²) < 4.78 is 0. The maximum atomic E-state index is 11.1. The van der Waals surface area contributed by atoms with Gasteiger partial charge in [0.05, 0.1) is 0 Å². The van der Waals surface area contributed by atoms with Crippen molar-refractivity contribution in [3.8, 4) is 0 Å². The van der Waals surface area contributed by atoms with Gasteiger partial charge in [-0.3, -0.25) is 9.59 Å². The molecule has 0 atom stereocenters. The van der Waals surface area contributed by atoms with Gasteiger partial charge in [-0.2, -0.15) is 0 Å². The molecule has 2 aliphatic rings. The van der Waals surface area contributed by atoms with E-state index >= 15 is 0 Å². The van der Waals surface area contributed by atoms with Crippen LogP contribution in [0.25, 0.3) is 0 Å². The van der Waals surface area contributed by atoms with Crippen LogP contribution in [0.3, 0.4) is 0 Å². The minimum Gasteiger partial charge on any atom is -0.477 e. The number of likely N-dealkylation sites (tertiary alicyclic amines) is 2. The van der Waals surface area contributed by atoms with E-state index in [1.54, 1.807) is 13.8 Å². The first-order valence-electron chi connectivity index (χ1n) is 7.73. The summed E-state index contributed by atoms with van der Waals surface area (Å²) in [5, 5.41) is 17.4. The molecule has 2 fully saturated rings. The lowest BCUT2D eigenvalue weighted by Crippen LogP contribution is -2.28. The highest BCUT2D eigenvalue weighted by Gasteiger charge is 2.27. The predicted octanol–water partition coefficient (Wildman–Crippen LogP) is 1.19. The van der Waals surface area contributed by atoms with Crippen molar-refractivity contribution >= 4 is 23.8 Å². The highest BCUT2D eigenvalue weighted by molar-refractivity contribution is 5.94. The summed E-state index contributed by atoms with van der Waals surface area (Å²) in [6, 6.07) is 0. The van der Waals surface area contributed by atoms with Crippen molar-refractivity contribution < 1.29 is 29.4 Å². The SMILES string of the molecule is C/C=C(/C(=O)O)N1CCCC1=O.C/C=C(\C(=O)O)N1CCCC1=O. The highest BCUT2D eigenvalue weighted by atomic mass is 16.4. The minimum atomic E-state index is -1.03. The van der Waals surface area contributed by atoms with Gasteiger partial charge in [0.15, 0.2) is 0 Å². The second kappa shape index (κ2) is 8.85. The number of aliphatic carboxylic acids is 2. The number of hydrogen-bond donors (Lipinski definition) is 2. The molecule has 0 aromatic rings. The quantitative estimate of drug-likeness (QED) is 0.744. The van der Waals surface area contributed by atoms with Crippen LogP contribution in [0.2, 0.25) is 0 Å². The molecule has 2 N–H and O–H groups in total. The molecule has 132 valence electrons. The molecule has 8 heteroatoms. The maximum Gasteiger partial charge on any atom is 0.352 e. The third-order valence-electron chi connectivity index (χ3n) is 3.71. The topological polar surface area (TPSA) is 115 Å². The van der Waals surface area contributed by atoms with Crippen molar-refractivity contribution in [3.63, 3.8) is 0 Å². The zero-order chi connectivity index (χ0) is 18.3. The van der Waals surface area contributed by atoms with Crippen LogP contribution < -0.4 is 0 Å². The molecular formula is C16H22N2O6. The maximum absolute atomic E-state index is 11.1. The molecule has 0 radical (unpaired) electrons. The smallest absolute Gasteiger partial charge is 0.352 e. The monoisotopic (exact) mass is 338 g/mol. The summed E-state index contributed by atoms with van der Waals surface area (Å²) in [6.07, 6.45) is 5.33. The van der Waals surface area contributed by atoms with Crippen molar-refractivity contribution in [2.45, 2.75) is 39.5 Å². The number of amides is 2. The Morgan fingerprint density at radius 3 is 1.33 bits per heavy atom. The Morgan fingerprint density at radius 1 is 0.833 bits per heavy atom. The number of hydrogen-bond acceptors (Lipinski definition) is 4. The lowest BCUT2D eigenvalue weighted by Gasteiger charge is -2.14. The summed E-state index contributed by atoms with van der Waals surface area (Å²) in [4.78, 5) is 46.0. The van der Waals surface area contributed by atoms with Gasteiger partial charge in [-0.1, -0.05) is 12.2 Å². The van der Waals surface area contributed by atoms with Crippen molar-refractivity contribution in [2.24, 2.45) is 0 Å². The van der Waals surface area contributed by atoms with E-state index in [1.165, 1.54) is 22.0 Å². The number of carbonyl (C=O) groups is 4. The van der Waals surface area contributed by atoms with Crippen molar-refractivity contribution in [2.75, 3.05) is 13.1 Å². The Morgan fingerprint density at radius 2 is 1.17 bits per heavy atom. The van der Waals surface area contributed by atoms with Crippen LogP contribution in [0.1, 0.15) is 39.5 Å². The van der Waals surface area contributed by atoms with Crippen LogP contribution in [0.5, 0.6) is 0 Å². The number of rotatable bonds is 4. The van der Waals surface area contributed by atoms with Crippen LogP contribution in [0.15, 0.2) is 23.5 Å². The van der Waals surface area contributed by atoms with Gasteiger partial charge in [0.25, 0.3) is 0 Å². The summed E-state index contributed by atoms with van der Waals surface area (Å²) in [5.74, 6) is -2.25. The van der Waals surface area contributed by atoms with Crippen LogP contribution in [0, 0.1) is 0 Å². The fraction of sp³-hybridized carbons (Fsp3) is 0.500. The zero-order valence-corrected chi connectivity index (χ0v) is 13.8. The summed E-state index contributed by atoms with van der Waals surface area (Å²) >= 11 is 0. The van der Waals surface area contributed by atoms with Crippen LogP contribution in [0.4, 0.5) is 0 Å². The molecule has 0 bridgehead atoms. The highest BCUT2D eigenvalue weighted by Crippen LogP contribution is 2.16. The van der Waals surface area contributed by atoms with Gasteiger partial charge in [0.1, 0.15) is 11.4 Å².